The molecule has 20 heavy (non-hydrogen) atoms. The predicted octanol–water partition coefficient (Wildman–Crippen LogP) is 1.58. The van der Waals surface area contributed by atoms with Gasteiger partial charge in [0.05, 0.1) is 4.92 Å². The monoisotopic (exact) mass is 279 g/mol. The lowest BCUT2D eigenvalue weighted by molar-refractivity contribution is -0.384. The fourth-order valence-corrected chi connectivity index (χ4v) is 1.79. The largest absolute Gasteiger partial charge is 0.480 e. The van der Waals surface area contributed by atoms with Crippen LogP contribution in [-0.2, 0) is 4.79 Å². The number of carbonyl (C=O) groups excluding carboxylic acids is 1. The molecule has 1 fully saturated rings. The Morgan fingerprint density at radius 1 is 1.30 bits per heavy atom. The first-order chi connectivity index (χ1) is 9.47. The molecule has 1 saturated carbocycles. The molecule has 8 heteroatoms. The molecular formula is C12H13N3O5. The average molecular weight is 279 g/mol. The second-order valence-electron chi connectivity index (χ2n) is 4.56. The third-order valence-corrected chi connectivity index (χ3v) is 2.98. The van der Waals surface area contributed by atoms with Gasteiger partial charge in [-0.15, -0.1) is 0 Å². The molecular weight excluding hydrogens is 266 g/mol. The van der Waals surface area contributed by atoms with Crippen LogP contribution in [0.1, 0.15) is 12.8 Å². The number of carboxylic acid groups (broad SMARTS) is 1. The first-order valence-corrected chi connectivity index (χ1v) is 6.02. The van der Waals surface area contributed by atoms with Crippen molar-refractivity contribution in [2.45, 2.75) is 18.9 Å². The maximum atomic E-state index is 11.7. The number of nitrogens with zero attached hydrogens (tertiary/aromatic N) is 1. The Hall–Kier alpha value is -2.64. The number of anilines is 1. The molecule has 1 aromatic rings. The number of nitro benzene ring substituents is 1. The summed E-state index contributed by atoms with van der Waals surface area (Å²) >= 11 is 0. The van der Waals surface area contributed by atoms with E-state index >= 15 is 0 Å². The molecule has 106 valence electrons. The van der Waals surface area contributed by atoms with Gasteiger partial charge in [0.2, 0.25) is 0 Å². The molecule has 0 spiro atoms. The number of nitro groups is 1. The summed E-state index contributed by atoms with van der Waals surface area (Å²) in [6.07, 6.45) is 1.57. The van der Waals surface area contributed by atoms with Crippen LogP contribution in [0.5, 0.6) is 0 Å². The zero-order chi connectivity index (χ0) is 14.7. The lowest BCUT2D eigenvalue weighted by Gasteiger charge is -2.14. The number of non-ortho nitro benzene ring substituents is 1. The standard InChI is InChI=1S/C12H13N3O5/c16-11(17)10(7-1-2-7)14-12(18)13-8-3-5-9(6-4-8)15(19)20/h3-7,10H,1-2H2,(H,16,17)(H2,13,14,18). The number of carboxylic acids is 1. The van der Waals surface area contributed by atoms with Gasteiger partial charge in [0, 0.05) is 17.8 Å². The van der Waals surface area contributed by atoms with Crippen LogP contribution in [0.15, 0.2) is 24.3 Å². The first-order valence-electron chi connectivity index (χ1n) is 6.02. The quantitative estimate of drug-likeness (QED) is 0.558. The molecule has 0 aliphatic heterocycles. The zero-order valence-electron chi connectivity index (χ0n) is 10.4. The number of urea groups is 1. The Kier molecular flexibility index (Phi) is 3.83. The number of amides is 2. The fraction of sp³-hybridized carbons (Fsp3) is 0.333. The van der Waals surface area contributed by atoms with E-state index in [1.54, 1.807) is 0 Å². The summed E-state index contributed by atoms with van der Waals surface area (Å²) in [6.45, 7) is 0. The van der Waals surface area contributed by atoms with Crippen LogP contribution in [0.2, 0.25) is 0 Å². The Morgan fingerprint density at radius 3 is 2.35 bits per heavy atom. The smallest absolute Gasteiger partial charge is 0.326 e. The summed E-state index contributed by atoms with van der Waals surface area (Å²) in [4.78, 5) is 32.6. The van der Waals surface area contributed by atoms with E-state index in [1.165, 1.54) is 24.3 Å². The number of nitrogens with one attached hydrogen (secondary N) is 2. The van der Waals surface area contributed by atoms with Crippen LogP contribution in [0, 0.1) is 16.0 Å². The van der Waals surface area contributed by atoms with Gasteiger partial charge in [-0.2, -0.15) is 0 Å². The number of carbonyl (C=O) groups is 2. The zero-order valence-corrected chi connectivity index (χ0v) is 10.4. The van der Waals surface area contributed by atoms with Gasteiger partial charge in [0.15, 0.2) is 0 Å². The van der Waals surface area contributed by atoms with Gasteiger partial charge in [0.1, 0.15) is 6.04 Å². The fourth-order valence-electron chi connectivity index (χ4n) is 1.79. The number of hydrogen-bond donors (Lipinski definition) is 3. The van der Waals surface area contributed by atoms with E-state index in [2.05, 4.69) is 10.6 Å². The molecule has 1 unspecified atom stereocenters. The molecule has 0 heterocycles. The number of aliphatic carboxylic acids is 1. The van der Waals surface area contributed by atoms with Crippen molar-refractivity contribution >= 4 is 23.4 Å². The molecule has 0 saturated heterocycles. The highest BCUT2D eigenvalue weighted by Gasteiger charge is 2.37. The van der Waals surface area contributed by atoms with Crippen LogP contribution in [-0.4, -0.2) is 28.1 Å². The predicted molar refractivity (Wildman–Crippen MR) is 69.4 cm³/mol. The molecule has 8 nitrogen and oxygen atoms in total. The third kappa shape index (κ3) is 3.44. The van der Waals surface area contributed by atoms with Gasteiger partial charge in [-0.1, -0.05) is 0 Å². The second-order valence-corrected chi connectivity index (χ2v) is 4.56. The number of benzene rings is 1. The van der Waals surface area contributed by atoms with Gasteiger partial charge in [0.25, 0.3) is 5.69 Å². The molecule has 1 atom stereocenters. The summed E-state index contributed by atoms with van der Waals surface area (Å²) in [6, 6.07) is 3.73. The average Bonchev–Trinajstić information content (AvgIpc) is 3.20. The summed E-state index contributed by atoms with van der Waals surface area (Å²) in [5, 5.41) is 24.3. The van der Waals surface area contributed by atoms with Gasteiger partial charge in [-0.3, -0.25) is 10.1 Å². The molecule has 2 amide bonds. The van der Waals surface area contributed by atoms with Crippen LogP contribution in [0.25, 0.3) is 0 Å². The molecule has 1 aliphatic carbocycles. The van der Waals surface area contributed by atoms with E-state index in [0.717, 1.165) is 12.8 Å². The molecule has 0 bridgehead atoms. The van der Waals surface area contributed by atoms with Gasteiger partial charge >= 0.3 is 12.0 Å². The van der Waals surface area contributed by atoms with Crippen molar-refractivity contribution in [3.8, 4) is 0 Å². The van der Waals surface area contributed by atoms with Crippen LogP contribution >= 0.6 is 0 Å². The maximum absolute atomic E-state index is 11.7. The van der Waals surface area contributed by atoms with Crippen LogP contribution < -0.4 is 10.6 Å². The van der Waals surface area contributed by atoms with Crippen molar-refractivity contribution in [1.82, 2.24) is 5.32 Å². The van der Waals surface area contributed by atoms with Crippen molar-refractivity contribution in [2.24, 2.45) is 5.92 Å². The molecule has 0 aromatic heterocycles. The molecule has 1 aromatic carbocycles. The van der Waals surface area contributed by atoms with Crippen molar-refractivity contribution in [3.63, 3.8) is 0 Å². The van der Waals surface area contributed by atoms with E-state index < -0.39 is 23.0 Å². The SMILES string of the molecule is O=C(Nc1ccc([N+](=O)[O-])cc1)NC(C(=O)O)C1CC1. The number of hydrogen-bond acceptors (Lipinski definition) is 4. The second kappa shape index (κ2) is 5.55. The van der Waals surface area contributed by atoms with E-state index in [0.29, 0.717) is 5.69 Å². The number of rotatable bonds is 5. The third-order valence-electron chi connectivity index (χ3n) is 2.98. The Bertz CT molecular complexity index is 539. The summed E-state index contributed by atoms with van der Waals surface area (Å²) in [7, 11) is 0. The van der Waals surface area contributed by atoms with Crippen LogP contribution in [0.4, 0.5) is 16.2 Å². The van der Waals surface area contributed by atoms with Crippen molar-refractivity contribution in [1.29, 1.82) is 0 Å². The van der Waals surface area contributed by atoms with Gasteiger partial charge < -0.3 is 15.7 Å². The van der Waals surface area contributed by atoms with Crippen molar-refractivity contribution in [2.75, 3.05) is 5.32 Å². The summed E-state index contributed by atoms with van der Waals surface area (Å²) in [5.74, 6) is -1.08. The van der Waals surface area contributed by atoms with Gasteiger partial charge in [-0.25, -0.2) is 9.59 Å². The molecule has 2 rings (SSSR count). The maximum Gasteiger partial charge on any atom is 0.326 e. The minimum absolute atomic E-state index is 0.0184. The molecule has 3 N–H and O–H groups in total. The highest BCUT2D eigenvalue weighted by molar-refractivity contribution is 5.92. The van der Waals surface area contributed by atoms with E-state index in [4.69, 9.17) is 5.11 Å². The minimum Gasteiger partial charge on any atom is -0.480 e. The lowest BCUT2D eigenvalue weighted by atomic mass is 10.2. The highest BCUT2D eigenvalue weighted by Crippen LogP contribution is 2.32. The molecule has 0 radical (unpaired) electrons. The summed E-state index contributed by atoms with van der Waals surface area (Å²) < 4.78 is 0. The summed E-state index contributed by atoms with van der Waals surface area (Å²) in [5.41, 5.74) is 0.269. The normalized spacial score (nSPS) is 15.2. The lowest BCUT2D eigenvalue weighted by Crippen LogP contribution is -2.44. The Balaban J connectivity index is 1.93. The van der Waals surface area contributed by atoms with Crippen LogP contribution in [0.3, 0.4) is 0 Å². The van der Waals surface area contributed by atoms with E-state index in [-0.39, 0.29) is 11.6 Å². The van der Waals surface area contributed by atoms with E-state index in [1.807, 2.05) is 0 Å². The molecule has 1 aliphatic rings. The minimum atomic E-state index is -1.06. The topological polar surface area (TPSA) is 122 Å². The highest BCUT2D eigenvalue weighted by atomic mass is 16.6. The van der Waals surface area contributed by atoms with Crippen molar-refractivity contribution < 1.29 is 19.6 Å². The van der Waals surface area contributed by atoms with E-state index in [9.17, 15) is 19.7 Å². The Labute approximate surface area is 113 Å². The first kappa shape index (κ1) is 13.8. The Morgan fingerprint density at radius 2 is 1.90 bits per heavy atom. The van der Waals surface area contributed by atoms with Crippen molar-refractivity contribution in [3.05, 3.63) is 34.4 Å². The van der Waals surface area contributed by atoms with Gasteiger partial charge in [-0.05, 0) is 30.9 Å².